The fraction of sp³-hybridized carbons (Fsp3) is 0.100. The number of amides is 3. The largest absolute Gasteiger partial charge is 0.478 e. The van der Waals surface area contributed by atoms with Gasteiger partial charge in [0.25, 0.3) is 6.41 Å². The molecular formula is C10H9N3O4. The summed E-state index contributed by atoms with van der Waals surface area (Å²) >= 11 is 0. The third-order valence-corrected chi connectivity index (χ3v) is 1.98. The topological polar surface area (TPSA) is 99.4 Å². The molecule has 0 spiro atoms. The van der Waals surface area contributed by atoms with Gasteiger partial charge >= 0.3 is 12.0 Å². The second-order valence-electron chi connectivity index (χ2n) is 3.01. The molecule has 0 aliphatic heterocycles. The van der Waals surface area contributed by atoms with Crippen LogP contribution in [0.4, 0.5) is 10.5 Å². The second-order valence-corrected chi connectivity index (χ2v) is 3.01. The highest BCUT2D eigenvalue weighted by molar-refractivity contribution is 5.93. The van der Waals surface area contributed by atoms with E-state index in [4.69, 9.17) is 5.11 Å². The van der Waals surface area contributed by atoms with Crippen molar-refractivity contribution in [3.63, 3.8) is 0 Å². The van der Waals surface area contributed by atoms with Crippen LogP contribution in [0.1, 0.15) is 10.4 Å². The minimum atomic E-state index is -1.05. The number of rotatable bonds is 3. The van der Waals surface area contributed by atoms with E-state index >= 15 is 0 Å². The number of carboxylic acid groups (broad SMARTS) is 1. The lowest BCUT2D eigenvalue weighted by molar-refractivity contribution is -0.107. The second kappa shape index (κ2) is 5.50. The van der Waals surface area contributed by atoms with Crippen molar-refractivity contribution in [3.05, 3.63) is 29.8 Å². The van der Waals surface area contributed by atoms with Gasteiger partial charge in [0, 0.05) is 12.7 Å². The molecule has 0 aliphatic rings. The molecule has 7 heteroatoms. The number of nitrogens with zero attached hydrogens (tertiary/aromatic N) is 3. The van der Waals surface area contributed by atoms with Crippen LogP contribution in [0.5, 0.6) is 0 Å². The zero-order valence-corrected chi connectivity index (χ0v) is 8.90. The highest BCUT2D eigenvalue weighted by atomic mass is 16.4. The molecule has 1 aromatic carbocycles. The molecule has 7 nitrogen and oxygen atoms in total. The lowest BCUT2D eigenvalue weighted by atomic mass is 10.2. The standard InChI is InChI=1S/C10H9N3O4/c1-13(10(17)12-11-6-14)8-4-2-7(3-5-8)9(15)16/h2-6H,1H3,(H,15,16). The molecule has 0 fully saturated rings. The van der Waals surface area contributed by atoms with Crippen molar-refractivity contribution in [2.24, 2.45) is 10.2 Å². The predicted octanol–water partition coefficient (Wildman–Crippen LogP) is 1.55. The monoisotopic (exact) mass is 235 g/mol. The average molecular weight is 235 g/mol. The molecule has 0 atom stereocenters. The fourth-order valence-corrected chi connectivity index (χ4v) is 1.08. The quantitative estimate of drug-likeness (QED) is 0.634. The normalized spacial score (nSPS) is 10.2. The SMILES string of the molecule is CN(C(=O)N=NC=O)c1ccc(C(=O)O)cc1. The highest BCUT2D eigenvalue weighted by Gasteiger charge is 2.10. The van der Waals surface area contributed by atoms with Crippen LogP contribution in [0.15, 0.2) is 34.5 Å². The zero-order chi connectivity index (χ0) is 12.8. The van der Waals surface area contributed by atoms with E-state index in [0.29, 0.717) is 5.69 Å². The van der Waals surface area contributed by atoms with Crippen molar-refractivity contribution in [3.8, 4) is 0 Å². The molecule has 0 saturated carbocycles. The number of hydrogen-bond acceptors (Lipinski definition) is 3. The van der Waals surface area contributed by atoms with Gasteiger partial charge in [-0.05, 0) is 24.3 Å². The van der Waals surface area contributed by atoms with Crippen LogP contribution in [0.2, 0.25) is 0 Å². The lowest BCUT2D eigenvalue weighted by Gasteiger charge is -2.13. The number of carboxylic acids is 1. The van der Waals surface area contributed by atoms with Crippen LogP contribution in [-0.4, -0.2) is 30.6 Å². The van der Waals surface area contributed by atoms with Gasteiger partial charge in [-0.3, -0.25) is 9.69 Å². The molecule has 1 rings (SSSR count). The molecule has 0 aliphatic carbocycles. The summed E-state index contributed by atoms with van der Waals surface area (Å²) in [4.78, 5) is 32.9. The highest BCUT2D eigenvalue weighted by Crippen LogP contribution is 2.14. The number of urea groups is 1. The van der Waals surface area contributed by atoms with Gasteiger partial charge in [-0.15, -0.1) is 5.11 Å². The summed E-state index contributed by atoms with van der Waals surface area (Å²) in [6.45, 7) is 0. The number of aromatic carboxylic acids is 1. The third kappa shape index (κ3) is 3.20. The molecule has 0 aromatic heterocycles. The number of anilines is 1. The van der Waals surface area contributed by atoms with Crippen molar-refractivity contribution in [1.29, 1.82) is 0 Å². The van der Waals surface area contributed by atoms with Crippen LogP contribution < -0.4 is 4.90 Å². The molecule has 3 amide bonds. The third-order valence-electron chi connectivity index (χ3n) is 1.98. The van der Waals surface area contributed by atoms with Crippen LogP contribution in [0.3, 0.4) is 0 Å². The average Bonchev–Trinajstić information content (AvgIpc) is 2.35. The molecule has 17 heavy (non-hydrogen) atoms. The van der Waals surface area contributed by atoms with E-state index in [0.717, 1.165) is 4.90 Å². The van der Waals surface area contributed by atoms with Gasteiger partial charge in [0.2, 0.25) is 0 Å². The van der Waals surface area contributed by atoms with Crippen molar-refractivity contribution < 1.29 is 19.5 Å². The van der Waals surface area contributed by atoms with Gasteiger partial charge in [0.1, 0.15) is 0 Å². The summed E-state index contributed by atoms with van der Waals surface area (Å²) < 4.78 is 0. The van der Waals surface area contributed by atoms with Gasteiger partial charge in [0.15, 0.2) is 0 Å². The summed E-state index contributed by atoms with van der Waals surface area (Å²) in [6.07, 6.45) is 0.152. The summed E-state index contributed by atoms with van der Waals surface area (Å²) in [5.74, 6) is -1.05. The number of carbonyl (C=O) groups is 3. The Bertz CT molecular complexity index is 467. The van der Waals surface area contributed by atoms with E-state index in [-0.39, 0.29) is 12.0 Å². The Labute approximate surface area is 96.4 Å². The van der Waals surface area contributed by atoms with Crippen LogP contribution in [0, 0.1) is 0 Å². The molecule has 1 N–H and O–H groups in total. The molecule has 0 bridgehead atoms. The summed E-state index contributed by atoms with van der Waals surface area (Å²) in [5, 5.41) is 14.7. The summed E-state index contributed by atoms with van der Waals surface area (Å²) in [5.41, 5.74) is 0.564. The number of benzene rings is 1. The van der Waals surface area contributed by atoms with E-state index in [1.54, 1.807) is 0 Å². The van der Waals surface area contributed by atoms with Gasteiger partial charge in [-0.25, -0.2) is 9.59 Å². The maximum Gasteiger partial charge on any atom is 0.366 e. The first-order chi connectivity index (χ1) is 8.06. The zero-order valence-electron chi connectivity index (χ0n) is 8.90. The first-order valence-electron chi connectivity index (χ1n) is 4.52. The minimum absolute atomic E-state index is 0.115. The van der Waals surface area contributed by atoms with E-state index in [1.807, 2.05) is 0 Å². The summed E-state index contributed by atoms with van der Waals surface area (Å²) in [7, 11) is 1.43. The first-order valence-corrected chi connectivity index (χ1v) is 4.52. The molecule has 0 saturated heterocycles. The van der Waals surface area contributed by atoms with Gasteiger partial charge in [0.05, 0.1) is 5.56 Å². The Morgan fingerprint density at radius 2 is 1.88 bits per heavy atom. The van der Waals surface area contributed by atoms with E-state index in [1.165, 1.54) is 31.3 Å². The van der Waals surface area contributed by atoms with Gasteiger partial charge < -0.3 is 5.11 Å². The van der Waals surface area contributed by atoms with E-state index in [2.05, 4.69) is 10.2 Å². The number of hydrogen-bond donors (Lipinski definition) is 1. The van der Waals surface area contributed by atoms with Crippen molar-refractivity contribution in [2.75, 3.05) is 11.9 Å². The molecule has 0 heterocycles. The Hall–Kier alpha value is -2.57. The van der Waals surface area contributed by atoms with Crippen molar-refractivity contribution >= 4 is 24.1 Å². The predicted molar refractivity (Wildman–Crippen MR) is 58.1 cm³/mol. The number of carbonyl (C=O) groups excluding carboxylic acids is 2. The maximum absolute atomic E-state index is 11.3. The molecular weight excluding hydrogens is 226 g/mol. The lowest BCUT2D eigenvalue weighted by Crippen LogP contribution is -2.22. The Morgan fingerprint density at radius 3 is 2.35 bits per heavy atom. The van der Waals surface area contributed by atoms with E-state index < -0.39 is 12.0 Å². The smallest absolute Gasteiger partial charge is 0.366 e. The van der Waals surface area contributed by atoms with Crippen LogP contribution >= 0.6 is 0 Å². The van der Waals surface area contributed by atoms with Crippen molar-refractivity contribution in [2.45, 2.75) is 0 Å². The fourth-order valence-electron chi connectivity index (χ4n) is 1.08. The van der Waals surface area contributed by atoms with Crippen LogP contribution in [0.25, 0.3) is 0 Å². The Morgan fingerprint density at radius 1 is 1.29 bits per heavy atom. The van der Waals surface area contributed by atoms with Crippen molar-refractivity contribution in [1.82, 2.24) is 0 Å². The van der Waals surface area contributed by atoms with Gasteiger partial charge in [-0.1, -0.05) is 5.11 Å². The Balaban J connectivity index is 2.86. The minimum Gasteiger partial charge on any atom is -0.478 e. The Kier molecular flexibility index (Phi) is 4.04. The molecule has 1 aromatic rings. The van der Waals surface area contributed by atoms with Crippen LogP contribution in [-0.2, 0) is 4.79 Å². The molecule has 0 radical (unpaired) electrons. The van der Waals surface area contributed by atoms with Gasteiger partial charge in [-0.2, -0.15) is 0 Å². The maximum atomic E-state index is 11.3. The molecule has 88 valence electrons. The van der Waals surface area contributed by atoms with E-state index in [9.17, 15) is 14.4 Å². The summed E-state index contributed by atoms with van der Waals surface area (Å²) in [6, 6.07) is 4.91. The first kappa shape index (κ1) is 12.5. The number of azo groups is 1. The molecule has 0 unspecified atom stereocenters.